The Morgan fingerprint density at radius 2 is 2.18 bits per heavy atom. The summed E-state index contributed by atoms with van der Waals surface area (Å²) in [7, 11) is 1.63. The van der Waals surface area contributed by atoms with Gasteiger partial charge in [0.1, 0.15) is 0 Å². The van der Waals surface area contributed by atoms with Crippen molar-refractivity contribution >= 4 is 43.5 Å². The van der Waals surface area contributed by atoms with Crippen molar-refractivity contribution in [2.45, 2.75) is 0 Å². The van der Waals surface area contributed by atoms with E-state index in [1.165, 1.54) is 0 Å². The maximum atomic E-state index is 11.6. The molecule has 1 rings (SSSR count). The van der Waals surface area contributed by atoms with Crippen LogP contribution in [0.15, 0.2) is 27.1 Å². The molecule has 0 aromatic heterocycles. The lowest BCUT2D eigenvalue weighted by Gasteiger charge is -2.08. The maximum Gasteiger partial charge on any atom is 0.238 e. The summed E-state index contributed by atoms with van der Waals surface area (Å²) >= 11 is 6.73. The zero-order valence-electron chi connectivity index (χ0n) is 9.43. The first kappa shape index (κ1) is 14.6. The smallest absolute Gasteiger partial charge is 0.238 e. The van der Waals surface area contributed by atoms with E-state index in [2.05, 4.69) is 42.5 Å². The van der Waals surface area contributed by atoms with Crippen molar-refractivity contribution in [2.24, 2.45) is 0 Å². The lowest BCUT2D eigenvalue weighted by Crippen LogP contribution is -2.30. The number of nitrogens with one attached hydrogen (secondary N) is 2. The molecule has 0 saturated carbocycles. The highest BCUT2D eigenvalue weighted by atomic mass is 79.9. The Hall–Kier alpha value is -0.430. The number of anilines is 1. The summed E-state index contributed by atoms with van der Waals surface area (Å²) in [6, 6.07) is 5.62. The molecule has 1 aromatic carbocycles. The third-order valence-electron chi connectivity index (χ3n) is 1.97. The van der Waals surface area contributed by atoms with Crippen LogP contribution in [0.3, 0.4) is 0 Å². The zero-order valence-corrected chi connectivity index (χ0v) is 12.6. The summed E-state index contributed by atoms with van der Waals surface area (Å²) in [6.07, 6.45) is 0. The Bertz CT molecular complexity index is 386. The molecule has 0 bridgehead atoms. The topological polar surface area (TPSA) is 50.4 Å². The van der Waals surface area contributed by atoms with Gasteiger partial charge in [-0.3, -0.25) is 4.79 Å². The van der Waals surface area contributed by atoms with E-state index in [0.717, 1.165) is 14.6 Å². The van der Waals surface area contributed by atoms with Crippen molar-refractivity contribution in [3.63, 3.8) is 0 Å². The molecule has 0 spiro atoms. The minimum Gasteiger partial charge on any atom is -0.383 e. The SMILES string of the molecule is COCCNCC(=O)Nc1cc(Br)ccc1Br. The third kappa shape index (κ3) is 5.63. The predicted octanol–water partition coefficient (Wildman–Crippen LogP) is 2.39. The largest absolute Gasteiger partial charge is 0.383 e. The van der Waals surface area contributed by atoms with Gasteiger partial charge < -0.3 is 15.4 Å². The second-order valence-corrected chi connectivity index (χ2v) is 5.11. The number of benzene rings is 1. The second kappa shape index (κ2) is 7.81. The van der Waals surface area contributed by atoms with Crippen LogP contribution in [0.1, 0.15) is 0 Å². The Morgan fingerprint density at radius 3 is 2.88 bits per heavy atom. The van der Waals surface area contributed by atoms with Gasteiger partial charge in [0.05, 0.1) is 18.8 Å². The quantitative estimate of drug-likeness (QED) is 0.761. The summed E-state index contributed by atoms with van der Waals surface area (Å²) in [5.41, 5.74) is 0.748. The van der Waals surface area contributed by atoms with Crippen molar-refractivity contribution in [1.82, 2.24) is 5.32 Å². The number of ether oxygens (including phenoxy) is 1. The van der Waals surface area contributed by atoms with Crippen LogP contribution in [0.4, 0.5) is 5.69 Å². The molecular weight excluding hydrogens is 352 g/mol. The Morgan fingerprint density at radius 1 is 1.41 bits per heavy atom. The van der Waals surface area contributed by atoms with Crippen LogP contribution in [0, 0.1) is 0 Å². The molecule has 6 heteroatoms. The molecule has 1 amide bonds. The standard InChI is InChI=1S/C11H14Br2N2O2/c1-17-5-4-14-7-11(16)15-10-6-8(12)2-3-9(10)13/h2-3,6,14H,4-5,7H2,1H3,(H,15,16). The predicted molar refractivity (Wildman–Crippen MR) is 75.2 cm³/mol. The zero-order chi connectivity index (χ0) is 12.7. The Balaban J connectivity index is 2.42. The maximum absolute atomic E-state index is 11.6. The molecule has 0 fully saturated rings. The number of rotatable bonds is 6. The molecule has 0 radical (unpaired) electrons. The van der Waals surface area contributed by atoms with E-state index in [-0.39, 0.29) is 12.5 Å². The molecule has 0 aliphatic carbocycles. The minimum atomic E-state index is -0.0834. The number of carbonyl (C=O) groups is 1. The summed E-state index contributed by atoms with van der Waals surface area (Å²) in [4.78, 5) is 11.6. The van der Waals surface area contributed by atoms with Gasteiger partial charge in [-0.15, -0.1) is 0 Å². The van der Waals surface area contributed by atoms with Gasteiger partial charge in [-0.2, -0.15) is 0 Å². The lowest BCUT2D eigenvalue weighted by atomic mass is 10.3. The van der Waals surface area contributed by atoms with Crippen molar-refractivity contribution in [1.29, 1.82) is 0 Å². The van der Waals surface area contributed by atoms with Gasteiger partial charge in [0.2, 0.25) is 5.91 Å². The van der Waals surface area contributed by atoms with Crippen LogP contribution in [0.5, 0.6) is 0 Å². The van der Waals surface area contributed by atoms with E-state index >= 15 is 0 Å². The molecule has 0 aliphatic heterocycles. The van der Waals surface area contributed by atoms with Crippen LogP contribution in [-0.4, -0.2) is 32.7 Å². The number of carbonyl (C=O) groups excluding carboxylic acids is 1. The fraction of sp³-hybridized carbons (Fsp3) is 0.364. The highest BCUT2D eigenvalue weighted by Gasteiger charge is 2.05. The Kier molecular flexibility index (Phi) is 6.72. The van der Waals surface area contributed by atoms with Crippen molar-refractivity contribution in [3.05, 3.63) is 27.1 Å². The molecule has 0 saturated heterocycles. The van der Waals surface area contributed by atoms with Crippen LogP contribution in [-0.2, 0) is 9.53 Å². The average Bonchev–Trinajstić information content (AvgIpc) is 2.29. The van der Waals surface area contributed by atoms with Gasteiger partial charge in [-0.05, 0) is 34.1 Å². The normalized spacial score (nSPS) is 10.3. The average molecular weight is 366 g/mol. The fourth-order valence-electron chi connectivity index (χ4n) is 1.16. The number of amides is 1. The summed E-state index contributed by atoms with van der Waals surface area (Å²) in [6.45, 7) is 1.51. The Labute approximate surface area is 117 Å². The number of halogens is 2. The van der Waals surface area contributed by atoms with E-state index in [1.54, 1.807) is 7.11 Å². The van der Waals surface area contributed by atoms with Gasteiger partial charge in [-0.25, -0.2) is 0 Å². The molecule has 0 unspecified atom stereocenters. The molecule has 4 nitrogen and oxygen atoms in total. The molecule has 1 aromatic rings. The third-order valence-corrected chi connectivity index (χ3v) is 3.16. The van der Waals surface area contributed by atoms with E-state index < -0.39 is 0 Å². The number of hydrogen-bond acceptors (Lipinski definition) is 3. The van der Waals surface area contributed by atoms with Gasteiger partial charge in [0.15, 0.2) is 0 Å². The van der Waals surface area contributed by atoms with Gasteiger partial charge in [0.25, 0.3) is 0 Å². The first-order valence-electron chi connectivity index (χ1n) is 5.08. The van der Waals surface area contributed by atoms with Crippen molar-refractivity contribution in [3.8, 4) is 0 Å². The van der Waals surface area contributed by atoms with Crippen LogP contribution in [0.25, 0.3) is 0 Å². The minimum absolute atomic E-state index is 0.0834. The van der Waals surface area contributed by atoms with Crippen molar-refractivity contribution in [2.75, 3.05) is 32.1 Å². The molecule has 0 heterocycles. The van der Waals surface area contributed by atoms with E-state index in [4.69, 9.17) is 4.74 Å². The lowest BCUT2D eigenvalue weighted by molar-refractivity contribution is -0.115. The monoisotopic (exact) mass is 364 g/mol. The van der Waals surface area contributed by atoms with E-state index in [1.807, 2.05) is 18.2 Å². The van der Waals surface area contributed by atoms with Crippen LogP contribution < -0.4 is 10.6 Å². The number of methoxy groups -OCH3 is 1. The summed E-state index contributed by atoms with van der Waals surface area (Å²) in [5, 5.41) is 5.79. The molecule has 2 N–H and O–H groups in total. The van der Waals surface area contributed by atoms with Crippen LogP contribution >= 0.6 is 31.9 Å². The second-order valence-electron chi connectivity index (χ2n) is 3.34. The van der Waals surface area contributed by atoms with E-state index in [9.17, 15) is 4.79 Å². The van der Waals surface area contributed by atoms with Gasteiger partial charge in [0, 0.05) is 22.6 Å². The van der Waals surface area contributed by atoms with Crippen molar-refractivity contribution < 1.29 is 9.53 Å². The molecule has 0 aliphatic rings. The molecule has 17 heavy (non-hydrogen) atoms. The summed E-state index contributed by atoms with van der Waals surface area (Å²) in [5.74, 6) is -0.0834. The molecular formula is C11H14Br2N2O2. The van der Waals surface area contributed by atoms with Gasteiger partial charge >= 0.3 is 0 Å². The fourth-order valence-corrected chi connectivity index (χ4v) is 1.87. The highest BCUT2D eigenvalue weighted by Crippen LogP contribution is 2.25. The number of hydrogen-bond donors (Lipinski definition) is 2. The first-order chi connectivity index (χ1) is 8.13. The molecule has 0 atom stereocenters. The first-order valence-corrected chi connectivity index (χ1v) is 6.66. The van der Waals surface area contributed by atoms with Gasteiger partial charge in [-0.1, -0.05) is 15.9 Å². The van der Waals surface area contributed by atoms with E-state index in [0.29, 0.717) is 13.2 Å². The summed E-state index contributed by atoms with van der Waals surface area (Å²) < 4.78 is 6.64. The highest BCUT2D eigenvalue weighted by molar-refractivity contribution is 9.11. The van der Waals surface area contributed by atoms with Crippen LogP contribution in [0.2, 0.25) is 0 Å². The molecule has 94 valence electrons.